The molecule has 3 N–H and O–H groups in total. The van der Waals surface area contributed by atoms with E-state index < -0.39 is 18.2 Å². The summed E-state index contributed by atoms with van der Waals surface area (Å²) >= 11 is 12.4. The first-order chi connectivity index (χ1) is 21.9. The highest BCUT2D eigenvalue weighted by Crippen LogP contribution is 2.45. The fraction of sp³-hybridized carbons (Fsp3) is 0.265. The SMILES string of the molecule is O=C(NCC(O)CCOc1ccc([C@H]2C3=C(CCN2C(=O)Oc2ccc(Cl)cc2)C2C=C(Cl)C=CC2N3)cc1)c1ccncc1. The van der Waals surface area contributed by atoms with Gasteiger partial charge in [0.1, 0.15) is 17.5 Å². The molecule has 0 fully saturated rings. The quantitative estimate of drug-likeness (QED) is 0.270. The molecule has 0 saturated heterocycles. The predicted octanol–water partition coefficient (Wildman–Crippen LogP) is 5.78. The van der Waals surface area contributed by atoms with Crippen LogP contribution in [0.25, 0.3) is 0 Å². The van der Waals surface area contributed by atoms with E-state index in [0.717, 1.165) is 11.3 Å². The number of fused-ring (bicyclic) bond motifs is 2. The van der Waals surface area contributed by atoms with E-state index in [1.54, 1.807) is 53.7 Å². The van der Waals surface area contributed by atoms with Gasteiger partial charge >= 0.3 is 6.09 Å². The summed E-state index contributed by atoms with van der Waals surface area (Å²) in [5.41, 5.74) is 3.58. The molecular formula is C34H32Cl2N4O5. The van der Waals surface area contributed by atoms with E-state index in [-0.39, 0.29) is 31.0 Å². The molecule has 3 unspecified atom stereocenters. The first-order valence-corrected chi connectivity index (χ1v) is 15.5. The lowest BCUT2D eigenvalue weighted by molar-refractivity contribution is 0.0895. The second-order valence-electron chi connectivity index (χ2n) is 11.0. The number of benzene rings is 2. The maximum atomic E-state index is 13.5. The molecule has 11 heteroatoms. The van der Waals surface area contributed by atoms with Crippen LogP contribution in [0.1, 0.15) is 34.8 Å². The van der Waals surface area contributed by atoms with Crippen LogP contribution in [0.3, 0.4) is 0 Å². The minimum absolute atomic E-state index is 0.0655. The lowest BCUT2D eigenvalue weighted by atomic mass is 9.85. The van der Waals surface area contributed by atoms with Gasteiger partial charge in [-0.25, -0.2) is 4.79 Å². The molecule has 0 bridgehead atoms. The molecule has 3 heterocycles. The molecule has 0 saturated carbocycles. The molecule has 1 aromatic heterocycles. The number of aliphatic hydroxyl groups is 1. The van der Waals surface area contributed by atoms with Crippen molar-refractivity contribution in [3.05, 3.63) is 124 Å². The number of hydrogen-bond acceptors (Lipinski definition) is 7. The fourth-order valence-corrected chi connectivity index (χ4v) is 6.15. The zero-order chi connectivity index (χ0) is 31.3. The smallest absolute Gasteiger partial charge is 0.416 e. The Morgan fingerprint density at radius 1 is 1.04 bits per heavy atom. The van der Waals surface area contributed by atoms with Crippen LogP contribution in [0, 0.1) is 5.92 Å². The highest BCUT2D eigenvalue weighted by atomic mass is 35.5. The Labute approximate surface area is 271 Å². The van der Waals surface area contributed by atoms with Crippen molar-refractivity contribution in [2.24, 2.45) is 5.92 Å². The van der Waals surface area contributed by atoms with Crippen molar-refractivity contribution in [3.8, 4) is 11.5 Å². The van der Waals surface area contributed by atoms with Crippen molar-refractivity contribution in [1.82, 2.24) is 20.5 Å². The van der Waals surface area contributed by atoms with E-state index in [2.05, 4.69) is 27.8 Å². The Balaban J connectivity index is 1.12. The van der Waals surface area contributed by atoms with Crippen LogP contribution in [0.15, 0.2) is 108 Å². The van der Waals surface area contributed by atoms with Gasteiger partial charge in [0.2, 0.25) is 0 Å². The number of amides is 2. The molecule has 3 aliphatic rings. The summed E-state index contributed by atoms with van der Waals surface area (Å²) in [6.07, 6.45) is 8.91. The van der Waals surface area contributed by atoms with E-state index in [0.29, 0.717) is 46.5 Å². The monoisotopic (exact) mass is 646 g/mol. The summed E-state index contributed by atoms with van der Waals surface area (Å²) in [7, 11) is 0. The minimum Gasteiger partial charge on any atom is -0.493 e. The number of aliphatic hydroxyl groups excluding tert-OH is 1. The number of rotatable bonds is 9. The van der Waals surface area contributed by atoms with Crippen LogP contribution in [-0.4, -0.2) is 58.8 Å². The minimum atomic E-state index is -0.767. The first kappa shape index (κ1) is 30.7. The van der Waals surface area contributed by atoms with Crippen molar-refractivity contribution in [2.45, 2.75) is 31.0 Å². The second-order valence-corrected chi connectivity index (χ2v) is 11.9. The third kappa shape index (κ3) is 7.17. The van der Waals surface area contributed by atoms with Crippen LogP contribution in [-0.2, 0) is 0 Å². The third-order valence-electron chi connectivity index (χ3n) is 8.08. The molecule has 1 aliphatic carbocycles. The van der Waals surface area contributed by atoms with Gasteiger partial charge in [-0.15, -0.1) is 0 Å². The number of aromatic nitrogens is 1. The lowest BCUT2D eigenvalue weighted by Crippen LogP contribution is -2.43. The van der Waals surface area contributed by atoms with E-state index in [1.165, 1.54) is 5.57 Å². The molecule has 0 radical (unpaired) electrons. The topological polar surface area (TPSA) is 113 Å². The van der Waals surface area contributed by atoms with Gasteiger partial charge in [0.15, 0.2) is 0 Å². The molecular weight excluding hydrogens is 615 g/mol. The standard InChI is InChI=1S/C34H32Cl2N4O5/c35-23-3-8-27(9-4-23)45-34(43)40-17-13-28-29-19-24(36)5-10-30(29)39-31(28)32(40)21-1-6-26(7-2-21)44-18-14-25(41)20-38-33(42)22-11-15-37-16-12-22/h1-12,15-16,19,25,29-30,32,39,41H,13-14,17-18,20H2,(H,38,42)/t25?,29?,30?,32-/m0/s1. The first-order valence-electron chi connectivity index (χ1n) is 14.7. The van der Waals surface area contributed by atoms with Gasteiger partial charge in [0.05, 0.1) is 18.8 Å². The normalized spacial score (nSPS) is 20.8. The number of carbonyl (C=O) groups excluding carboxylic acids is 2. The summed E-state index contributed by atoms with van der Waals surface area (Å²) in [5.74, 6) is 0.887. The Kier molecular flexibility index (Phi) is 9.39. The van der Waals surface area contributed by atoms with Crippen molar-refractivity contribution in [2.75, 3.05) is 19.7 Å². The van der Waals surface area contributed by atoms with Gasteiger partial charge in [0, 0.05) is 59.1 Å². The zero-order valence-corrected chi connectivity index (χ0v) is 25.7. The number of allylic oxidation sites excluding steroid dienone is 2. The summed E-state index contributed by atoms with van der Waals surface area (Å²) in [6.45, 7) is 0.840. The highest BCUT2D eigenvalue weighted by Gasteiger charge is 2.43. The molecule has 232 valence electrons. The number of ether oxygens (including phenoxy) is 2. The zero-order valence-electron chi connectivity index (χ0n) is 24.2. The number of hydrogen-bond donors (Lipinski definition) is 3. The summed E-state index contributed by atoms with van der Waals surface area (Å²) in [5, 5.41) is 18.0. The van der Waals surface area contributed by atoms with Crippen LogP contribution < -0.4 is 20.1 Å². The molecule has 9 nitrogen and oxygen atoms in total. The van der Waals surface area contributed by atoms with Crippen molar-refractivity contribution in [1.29, 1.82) is 0 Å². The van der Waals surface area contributed by atoms with Crippen LogP contribution in [0.5, 0.6) is 11.5 Å². The number of nitrogens with one attached hydrogen (secondary N) is 2. The molecule has 0 spiro atoms. The van der Waals surface area contributed by atoms with Gasteiger partial charge in [0.25, 0.3) is 5.91 Å². The predicted molar refractivity (Wildman–Crippen MR) is 171 cm³/mol. The lowest BCUT2D eigenvalue weighted by Gasteiger charge is -2.37. The highest BCUT2D eigenvalue weighted by molar-refractivity contribution is 6.31. The number of pyridine rings is 1. The van der Waals surface area contributed by atoms with E-state index in [1.807, 2.05) is 30.3 Å². The van der Waals surface area contributed by atoms with Crippen LogP contribution in [0.4, 0.5) is 4.79 Å². The average Bonchev–Trinajstić information content (AvgIpc) is 3.43. The van der Waals surface area contributed by atoms with Gasteiger partial charge in [-0.1, -0.05) is 47.5 Å². The number of nitrogens with zero attached hydrogens (tertiary/aromatic N) is 2. The molecule has 3 aromatic rings. The second kappa shape index (κ2) is 13.8. The van der Waals surface area contributed by atoms with Gasteiger partial charge < -0.3 is 25.2 Å². The summed E-state index contributed by atoms with van der Waals surface area (Å²) in [4.78, 5) is 31.4. The Morgan fingerprint density at radius 2 is 1.78 bits per heavy atom. The average molecular weight is 648 g/mol. The van der Waals surface area contributed by atoms with E-state index in [4.69, 9.17) is 32.7 Å². The van der Waals surface area contributed by atoms with Gasteiger partial charge in [-0.2, -0.15) is 0 Å². The Bertz CT molecular complexity index is 1630. The molecule has 6 rings (SSSR count). The summed E-state index contributed by atoms with van der Waals surface area (Å²) in [6, 6.07) is 17.2. The van der Waals surface area contributed by atoms with Gasteiger partial charge in [-0.3, -0.25) is 14.7 Å². The number of carbonyl (C=O) groups is 2. The van der Waals surface area contributed by atoms with Crippen molar-refractivity contribution < 1.29 is 24.2 Å². The maximum Gasteiger partial charge on any atom is 0.416 e. The molecule has 4 atom stereocenters. The molecule has 2 amide bonds. The van der Waals surface area contributed by atoms with E-state index >= 15 is 0 Å². The van der Waals surface area contributed by atoms with Gasteiger partial charge in [-0.05, 0) is 72.2 Å². The maximum absolute atomic E-state index is 13.5. The largest absolute Gasteiger partial charge is 0.493 e. The molecule has 2 aromatic carbocycles. The van der Waals surface area contributed by atoms with Crippen molar-refractivity contribution >= 4 is 35.2 Å². The molecule has 45 heavy (non-hydrogen) atoms. The Hall–Kier alpha value is -4.31. The number of halogens is 2. The van der Waals surface area contributed by atoms with Crippen LogP contribution >= 0.6 is 23.2 Å². The van der Waals surface area contributed by atoms with Crippen molar-refractivity contribution in [3.63, 3.8) is 0 Å². The Morgan fingerprint density at radius 3 is 2.53 bits per heavy atom. The summed E-state index contributed by atoms with van der Waals surface area (Å²) < 4.78 is 11.7. The van der Waals surface area contributed by atoms with Crippen LogP contribution in [0.2, 0.25) is 5.02 Å². The molecule has 2 aliphatic heterocycles. The fourth-order valence-electron chi connectivity index (χ4n) is 5.82. The third-order valence-corrected chi connectivity index (χ3v) is 8.58. The van der Waals surface area contributed by atoms with E-state index in [9.17, 15) is 14.7 Å².